The Morgan fingerprint density at radius 3 is 2.17 bits per heavy atom. The van der Waals surface area contributed by atoms with E-state index in [1.54, 1.807) is 26.0 Å². The van der Waals surface area contributed by atoms with Crippen molar-refractivity contribution in [1.29, 1.82) is 0 Å². The van der Waals surface area contributed by atoms with E-state index in [0.717, 1.165) is 4.90 Å². The fourth-order valence-electron chi connectivity index (χ4n) is 0.841. The molecule has 0 amide bonds. The van der Waals surface area contributed by atoms with Crippen molar-refractivity contribution in [2.45, 2.75) is 23.5 Å². The number of carboxylic acids is 1. The van der Waals surface area contributed by atoms with E-state index >= 15 is 0 Å². The maximum atomic E-state index is 10.8. The van der Waals surface area contributed by atoms with E-state index in [9.17, 15) is 4.79 Å². The van der Waals surface area contributed by atoms with Crippen LogP contribution in [0.1, 0.15) is 13.8 Å². The molecule has 0 radical (unpaired) electrons. The average molecular weight is 292 g/mol. The van der Waals surface area contributed by atoms with Gasteiger partial charge in [0.15, 0.2) is 0 Å². The molecule has 0 fully saturated rings. The van der Waals surface area contributed by atoms with Crippen LogP contribution in [0.2, 0.25) is 5.02 Å². The van der Waals surface area contributed by atoms with E-state index in [0.29, 0.717) is 11.6 Å². The molecule has 0 saturated heterocycles. The van der Waals surface area contributed by atoms with Gasteiger partial charge in [0.25, 0.3) is 0 Å². The van der Waals surface area contributed by atoms with Gasteiger partial charge in [0, 0.05) is 16.5 Å². The lowest BCUT2D eigenvalue weighted by atomic mass is 10.2. The van der Waals surface area contributed by atoms with Crippen molar-refractivity contribution in [3.63, 3.8) is 0 Å². The highest BCUT2D eigenvalue weighted by Crippen LogP contribution is 2.32. The number of nitrogens with two attached hydrogens (primary N) is 1. The lowest BCUT2D eigenvalue weighted by molar-refractivity contribution is -0.138. The van der Waals surface area contributed by atoms with E-state index in [4.69, 9.17) is 27.5 Å². The number of hydrogen-bond acceptors (Lipinski definition) is 4. The van der Waals surface area contributed by atoms with Gasteiger partial charge in [0.05, 0.1) is 6.61 Å². The summed E-state index contributed by atoms with van der Waals surface area (Å²) >= 11 is 7.02. The van der Waals surface area contributed by atoms with Crippen LogP contribution in [-0.2, 0) is 4.79 Å². The molecule has 0 aliphatic heterocycles. The summed E-state index contributed by atoms with van der Waals surface area (Å²) in [6, 6.07) is 7.14. The van der Waals surface area contributed by atoms with Crippen LogP contribution in [-0.4, -0.2) is 34.1 Å². The van der Waals surface area contributed by atoms with Gasteiger partial charge in [-0.1, -0.05) is 11.6 Å². The molecule has 0 unspecified atom stereocenters. The third-order valence-corrected chi connectivity index (χ3v) is 3.28. The molecule has 0 aromatic heterocycles. The van der Waals surface area contributed by atoms with Gasteiger partial charge in [-0.2, -0.15) is 0 Å². The molecule has 1 aromatic carbocycles. The smallest absolute Gasteiger partial charge is 0.319 e. The Bertz CT molecular complexity index is 366. The Morgan fingerprint density at radius 2 is 1.83 bits per heavy atom. The Hall–Kier alpha value is -0.750. The number of aliphatic carboxylic acids is 1. The maximum Gasteiger partial charge on any atom is 0.319 e. The normalized spacial score (nSPS) is 10.5. The molecule has 1 rings (SSSR count). The zero-order chi connectivity index (χ0) is 14.2. The first kappa shape index (κ1) is 17.2. The lowest BCUT2D eigenvalue weighted by Crippen LogP contribution is -2.26. The van der Waals surface area contributed by atoms with Crippen molar-refractivity contribution >= 4 is 29.3 Å². The van der Waals surface area contributed by atoms with Crippen LogP contribution in [0.4, 0.5) is 0 Å². The summed E-state index contributed by atoms with van der Waals surface area (Å²) < 4.78 is -0.812. The number of carboxylic acid groups (broad SMARTS) is 1. The third kappa shape index (κ3) is 6.86. The molecule has 18 heavy (non-hydrogen) atoms. The largest absolute Gasteiger partial charge is 0.480 e. The average Bonchev–Trinajstić information content (AvgIpc) is 2.32. The summed E-state index contributed by atoms with van der Waals surface area (Å²) in [5, 5.41) is 17.3. The highest BCUT2D eigenvalue weighted by molar-refractivity contribution is 8.01. The van der Waals surface area contributed by atoms with Crippen molar-refractivity contribution in [1.82, 2.24) is 0 Å². The topological polar surface area (TPSA) is 83.5 Å². The van der Waals surface area contributed by atoms with Crippen molar-refractivity contribution in [3.8, 4) is 0 Å². The molecule has 0 spiro atoms. The SMILES string of the molecule is CC(C)(Sc1ccc(Cl)cc1)C(=O)O.NCCO. The molecule has 4 nitrogen and oxygen atoms in total. The fourth-order valence-corrected chi connectivity index (χ4v) is 1.92. The second-order valence-corrected chi connectivity index (χ2v) is 6.02. The summed E-state index contributed by atoms with van der Waals surface area (Å²) in [6.45, 7) is 3.82. The highest BCUT2D eigenvalue weighted by Gasteiger charge is 2.28. The van der Waals surface area contributed by atoms with Gasteiger partial charge in [0.1, 0.15) is 4.75 Å². The van der Waals surface area contributed by atoms with Crippen LogP contribution in [0.5, 0.6) is 0 Å². The summed E-state index contributed by atoms with van der Waals surface area (Å²) in [6.07, 6.45) is 0. The van der Waals surface area contributed by atoms with Gasteiger partial charge in [-0.25, -0.2) is 0 Å². The molecule has 0 heterocycles. The number of thioether (sulfide) groups is 1. The number of benzene rings is 1. The predicted octanol–water partition coefficient (Wildman–Crippen LogP) is 2.23. The molecule has 1 aromatic rings. The number of carbonyl (C=O) groups is 1. The molecule has 4 N–H and O–H groups in total. The number of aliphatic hydroxyl groups is 1. The molecule has 0 aliphatic carbocycles. The summed E-state index contributed by atoms with van der Waals surface area (Å²) in [5.41, 5.74) is 4.78. The van der Waals surface area contributed by atoms with Crippen LogP contribution in [0.15, 0.2) is 29.2 Å². The lowest BCUT2D eigenvalue weighted by Gasteiger charge is -2.18. The minimum atomic E-state index is -0.822. The van der Waals surface area contributed by atoms with Crippen LogP contribution in [0.3, 0.4) is 0 Å². The van der Waals surface area contributed by atoms with Crippen molar-refractivity contribution in [3.05, 3.63) is 29.3 Å². The van der Waals surface area contributed by atoms with Gasteiger partial charge in [-0.3, -0.25) is 4.79 Å². The second-order valence-electron chi connectivity index (χ2n) is 3.88. The van der Waals surface area contributed by atoms with Crippen molar-refractivity contribution in [2.75, 3.05) is 13.2 Å². The fraction of sp³-hybridized carbons (Fsp3) is 0.417. The van der Waals surface area contributed by atoms with Crippen LogP contribution in [0.25, 0.3) is 0 Å². The predicted molar refractivity (Wildman–Crippen MR) is 75.2 cm³/mol. The van der Waals surface area contributed by atoms with E-state index in [-0.39, 0.29) is 6.61 Å². The number of halogens is 1. The summed E-state index contributed by atoms with van der Waals surface area (Å²) in [4.78, 5) is 11.7. The van der Waals surface area contributed by atoms with E-state index in [1.807, 2.05) is 12.1 Å². The Kier molecular flexibility index (Phi) is 8.02. The molecule has 102 valence electrons. The molecule has 0 bridgehead atoms. The highest BCUT2D eigenvalue weighted by atomic mass is 35.5. The van der Waals surface area contributed by atoms with E-state index < -0.39 is 10.7 Å². The molecule has 0 saturated carbocycles. The Labute approximate surface area is 116 Å². The van der Waals surface area contributed by atoms with Gasteiger partial charge in [-0.15, -0.1) is 11.8 Å². The van der Waals surface area contributed by atoms with Gasteiger partial charge in [-0.05, 0) is 38.1 Å². The van der Waals surface area contributed by atoms with Crippen LogP contribution in [0, 0.1) is 0 Å². The Balaban J connectivity index is 0.000000631. The maximum absolute atomic E-state index is 10.8. The molecule has 0 atom stereocenters. The zero-order valence-electron chi connectivity index (χ0n) is 10.4. The van der Waals surface area contributed by atoms with Crippen molar-refractivity contribution in [2.24, 2.45) is 5.73 Å². The van der Waals surface area contributed by atoms with E-state index in [1.165, 1.54) is 11.8 Å². The summed E-state index contributed by atoms with van der Waals surface area (Å²) in [7, 11) is 0. The molecular formula is C12H18ClNO3S. The Morgan fingerprint density at radius 1 is 1.39 bits per heavy atom. The minimum Gasteiger partial charge on any atom is -0.480 e. The monoisotopic (exact) mass is 291 g/mol. The number of aliphatic hydroxyl groups excluding tert-OH is 1. The van der Waals surface area contributed by atoms with Gasteiger partial charge >= 0.3 is 5.97 Å². The quantitative estimate of drug-likeness (QED) is 0.741. The van der Waals surface area contributed by atoms with Crippen LogP contribution >= 0.6 is 23.4 Å². The van der Waals surface area contributed by atoms with E-state index in [2.05, 4.69) is 0 Å². The molecule has 0 aliphatic rings. The van der Waals surface area contributed by atoms with Crippen molar-refractivity contribution < 1.29 is 15.0 Å². The standard InChI is InChI=1S/C10H11ClO2S.C2H7NO/c1-10(2,9(12)13)14-8-5-3-7(11)4-6-8;3-1-2-4/h3-6H,1-2H3,(H,12,13);4H,1-3H2. The van der Waals surface area contributed by atoms with Gasteiger partial charge < -0.3 is 15.9 Å². The number of rotatable bonds is 4. The third-order valence-electron chi connectivity index (χ3n) is 1.83. The van der Waals surface area contributed by atoms with Gasteiger partial charge in [0.2, 0.25) is 0 Å². The number of hydrogen-bond donors (Lipinski definition) is 3. The van der Waals surface area contributed by atoms with Crippen LogP contribution < -0.4 is 5.73 Å². The second kappa shape index (κ2) is 8.37. The molecule has 6 heteroatoms. The molecular weight excluding hydrogens is 274 g/mol. The zero-order valence-corrected chi connectivity index (χ0v) is 12.0. The minimum absolute atomic E-state index is 0.0972. The first-order valence-corrected chi connectivity index (χ1v) is 6.52. The first-order valence-electron chi connectivity index (χ1n) is 5.32. The first-order chi connectivity index (χ1) is 8.33. The summed E-state index contributed by atoms with van der Waals surface area (Å²) in [5.74, 6) is -0.822.